The first kappa shape index (κ1) is 13.3. The van der Waals surface area contributed by atoms with Crippen LogP contribution < -0.4 is 0 Å². The van der Waals surface area contributed by atoms with Gasteiger partial charge in [0.15, 0.2) is 0 Å². The number of hydrogen-bond acceptors (Lipinski definition) is 1. The Hall–Kier alpha value is -0.740. The van der Waals surface area contributed by atoms with Crippen LogP contribution >= 0.6 is 24.2 Å². The summed E-state index contributed by atoms with van der Waals surface area (Å²) in [4.78, 5) is 12.3. The van der Waals surface area contributed by atoms with E-state index in [1.807, 2.05) is 0 Å². The number of nitrogens with zero attached hydrogens (tertiary/aromatic N) is 1. The van der Waals surface area contributed by atoms with Crippen LogP contribution in [0.2, 0.25) is 5.02 Å². The predicted molar refractivity (Wildman–Crippen MR) is 66.9 cm³/mol. The van der Waals surface area contributed by atoms with Crippen molar-refractivity contribution >= 4 is 29.5 Å². The van der Waals surface area contributed by atoms with Gasteiger partial charge in [-0.25, -0.2) is 4.39 Å². The molecule has 2 nitrogen and oxygen atoms in total. The maximum atomic E-state index is 13.3. The zero-order chi connectivity index (χ0) is 12.3. The molecule has 1 rings (SSSR count). The molecular weight excluding hydrogens is 249 g/mol. The standard InChI is InChI=1S/C11H13ClFNOS/c1-7-5-9(12)8(6-10(7)13)3-4-14(2)11(15)16/h5-6H,3-4H2,1-2H3,(H,15,16). The fraction of sp³-hybridized carbons (Fsp3) is 0.364. The summed E-state index contributed by atoms with van der Waals surface area (Å²) < 4.78 is 13.3. The van der Waals surface area contributed by atoms with E-state index in [2.05, 4.69) is 12.6 Å². The van der Waals surface area contributed by atoms with Crippen LogP contribution in [-0.2, 0) is 6.42 Å². The molecule has 16 heavy (non-hydrogen) atoms. The van der Waals surface area contributed by atoms with Gasteiger partial charge in [0, 0.05) is 18.6 Å². The molecule has 1 aromatic rings. The van der Waals surface area contributed by atoms with Crippen molar-refractivity contribution in [2.45, 2.75) is 13.3 Å². The summed E-state index contributed by atoms with van der Waals surface area (Å²) in [5, 5.41) is 0.211. The van der Waals surface area contributed by atoms with E-state index >= 15 is 0 Å². The van der Waals surface area contributed by atoms with Gasteiger partial charge < -0.3 is 4.90 Å². The quantitative estimate of drug-likeness (QED) is 0.828. The van der Waals surface area contributed by atoms with Crippen molar-refractivity contribution in [3.63, 3.8) is 0 Å². The Morgan fingerprint density at radius 1 is 1.56 bits per heavy atom. The predicted octanol–water partition coefficient (Wildman–Crippen LogP) is 3.31. The van der Waals surface area contributed by atoms with E-state index < -0.39 is 0 Å². The fourth-order valence-corrected chi connectivity index (χ4v) is 1.68. The molecule has 0 spiro atoms. The number of benzene rings is 1. The maximum Gasteiger partial charge on any atom is 0.278 e. The third-order valence-electron chi connectivity index (χ3n) is 2.37. The van der Waals surface area contributed by atoms with E-state index in [1.165, 1.54) is 11.0 Å². The number of rotatable bonds is 3. The van der Waals surface area contributed by atoms with Gasteiger partial charge in [-0.15, -0.1) is 0 Å². The van der Waals surface area contributed by atoms with Crippen LogP contribution in [0.4, 0.5) is 9.18 Å². The molecule has 0 aromatic heterocycles. The van der Waals surface area contributed by atoms with Crippen molar-refractivity contribution < 1.29 is 9.18 Å². The van der Waals surface area contributed by atoms with Crippen molar-refractivity contribution in [1.82, 2.24) is 4.90 Å². The highest BCUT2D eigenvalue weighted by Gasteiger charge is 2.08. The van der Waals surface area contributed by atoms with Gasteiger partial charge in [0.2, 0.25) is 0 Å². The number of likely N-dealkylation sites (N-methyl/N-ethyl adjacent to an activating group) is 1. The average Bonchev–Trinajstić information content (AvgIpc) is 2.20. The number of aryl methyl sites for hydroxylation is 1. The molecule has 0 aliphatic carbocycles. The van der Waals surface area contributed by atoms with E-state index in [1.54, 1.807) is 20.0 Å². The monoisotopic (exact) mass is 261 g/mol. The smallest absolute Gasteiger partial charge is 0.278 e. The number of halogens is 2. The van der Waals surface area contributed by atoms with Gasteiger partial charge in [-0.1, -0.05) is 24.2 Å². The zero-order valence-electron chi connectivity index (χ0n) is 9.13. The van der Waals surface area contributed by atoms with Crippen molar-refractivity contribution in [3.05, 3.63) is 34.1 Å². The molecule has 0 unspecified atom stereocenters. The van der Waals surface area contributed by atoms with Gasteiger partial charge in [0.05, 0.1) is 0 Å². The summed E-state index contributed by atoms with van der Waals surface area (Å²) in [7, 11) is 1.63. The number of thiol groups is 1. The third-order valence-corrected chi connectivity index (χ3v) is 3.06. The molecule has 0 aliphatic rings. The molecule has 5 heteroatoms. The minimum absolute atomic E-state index is 0.278. The molecule has 88 valence electrons. The molecule has 1 amide bonds. The summed E-state index contributed by atoms with van der Waals surface area (Å²) in [6.45, 7) is 2.12. The van der Waals surface area contributed by atoms with Crippen LogP contribution in [0.3, 0.4) is 0 Å². The van der Waals surface area contributed by atoms with Gasteiger partial charge in [-0.2, -0.15) is 0 Å². The highest BCUT2D eigenvalue weighted by Crippen LogP contribution is 2.21. The van der Waals surface area contributed by atoms with E-state index in [-0.39, 0.29) is 11.1 Å². The highest BCUT2D eigenvalue weighted by atomic mass is 35.5. The Morgan fingerprint density at radius 3 is 2.75 bits per heavy atom. The first-order chi connectivity index (χ1) is 7.41. The summed E-state index contributed by atoms with van der Waals surface area (Å²) >= 11 is 9.66. The van der Waals surface area contributed by atoms with Gasteiger partial charge in [0.1, 0.15) is 5.82 Å². The van der Waals surface area contributed by atoms with Crippen molar-refractivity contribution in [2.75, 3.05) is 13.6 Å². The second kappa shape index (κ2) is 5.55. The lowest BCUT2D eigenvalue weighted by Gasteiger charge is -2.14. The van der Waals surface area contributed by atoms with E-state index in [9.17, 15) is 9.18 Å². The Balaban J connectivity index is 2.74. The first-order valence-electron chi connectivity index (χ1n) is 4.80. The second-order valence-electron chi connectivity index (χ2n) is 3.65. The third kappa shape index (κ3) is 3.39. The summed E-state index contributed by atoms with van der Waals surface area (Å²) in [5.74, 6) is -0.278. The van der Waals surface area contributed by atoms with Crippen molar-refractivity contribution in [3.8, 4) is 0 Å². The van der Waals surface area contributed by atoms with Gasteiger partial charge in [-0.3, -0.25) is 4.79 Å². The highest BCUT2D eigenvalue weighted by molar-refractivity contribution is 7.96. The van der Waals surface area contributed by atoms with Crippen molar-refractivity contribution in [2.24, 2.45) is 0 Å². The lowest BCUT2D eigenvalue weighted by atomic mass is 10.1. The molecule has 0 bridgehead atoms. The topological polar surface area (TPSA) is 20.3 Å². The summed E-state index contributed by atoms with van der Waals surface area (Å²) in [6, 6.07) is 3.00. The maximum absolute atomic E-state index is 13.3. The second-order valence-corrected chi connectivity index (χ2v) is 4.44. The molecule has 0 saturated carbocycles. The van der Waals surface area contributed by atoms with E-state index in [0.29, 0.717) is 29.1 Å². The Kier molecular flexibility index (Phi) is 4.62. The number of amides is 1. The van der Waals surface area contributed by atoms with E-state index in [0.717, 1.165) is 0 Å². The molecular formula is C11H13ClFNOS. The van der Waals surface area contributed by atoms with Crippen LogP contribution in [0.25, 0.3) is 0 Å². The minimum Gasteiger partial charge on any atom is -0.337 e. The van der Waals surface area contributed by atoms with Crippen LogP contribution in [-0.4, -0.2) is 23.7 Å². The first-order valence-corrected chi connectivity index (χ1v) is 5.63. The van der Waals surface area contributed by atoms with Gasteiger partial charge >= 0.3 is 0 Å². The molecule has 0 atom stereocenters. The molecule has 0 heterocycles. The Labute approximate surface area is 105 Å². The lowest BCUT2D eigenvalue weighted by molar-refractivity contribution is 0.234. The number of carbonyl (C=O) groups is 1. The SMILES string of the molecule is Cc1cc(Cl)c(CCN(C)C(=O)S)cc1F. The Bertz CT molecular complexity index is 411. The molecule has 0 radical (unpaired) electrons. The molecule has 0 N–H and O–H groups in total. The van der Waals surface area contributed by atoms with E-state index in [4.69, 9.17) is 11.6 Å². The van der Waals surface area contributed by atoms with Crippen molar-refractivity contribution in [1.29, 1.82) is 0 Å². The lowest BCUT2D eigenvalue weighted by Crippen LogP contribution is -2.23. The molecule has 0 aliphatic heterocycles. The average molecular weight is 262 g/mol. The number of carbonyl (C=O) groups excluding carboxylic acids is 1. The Morgan fingerprint density at radius 2 is 2.19 bits per heavy atom. The summed E-state index contributed by atoms with van der Waals surface area (Å²) in [5.41, 5.74) is 1.22. The van der Waals surface area contributed by atoms with Crippen LogP contribution in [0.15, 0.2) is 12.1 Å². The minimum atomic E-state index is -0.316. The van der Waals surface area contributed by atoms with Crippen LogP contribution in [0, 0.1) is 12.7 Å². The molecule has 0 saturated heterocycles. The normalized spacial score (nSPS) is 10.3. The summed E-state index contributed by atoms with van der Waals surface area (Å²) in [6.07, 6.45) is 0.513. The van der Waals surface area contributed by atoms with Gasteiger partial charge in [-0.05, 0) is 36.6 Å². The fourth-order valence-electron chi connectivity index (χ4n) is 1.26. The number of hydrogen-bond donors (Lipinski definition) is 1. The van der Waals surface area contributed by atoms with Crippen LogP contribution in [0.5, 0.6) is 0 Å². The molecule has 1 aromatic carbocycles. The van der Waals surface area contributed by atoms with Crippen LogP contribution in [0.1, 0.15) is 11.1 Å². The largest absolute Gasteiger partial charge is 0.337 e. The van der Waals surface area contributed by atoms with Gasteiger partial charge in [0.25, 0.3) is 5.24 Å². The zero-order valence-corrected chi connectivity index (χ0v) is 10.8. The molecule has 0 fully saturated rings.